The Morgan fingerprint density at radius 1 is 0.364 bits per heavy atom. The zero-order chi connectivity index (χ0) is 36.3. The van der Waals surface area contributed by atoms with E-state index in [1.807, 2.05) is 17.4 Å². The molecule has 0 saturated heterocycles. The van der Waals surface area contributed by atoms with Gasteiger partial charge < -0.3 is 9.32 Å². The van der Waals surface area contributed by atoms with E-state index >= 15 is 0 Å². The summed E-state index contributed by atoms with van der Waals surface area (Å²) in [4.78, 5) is 2.42. The van der Waals surface area contributed by atoms with Gasteiger partial charge in [0.1, 0.15) is 11.2 Å². The fraction of sp³-hybridized carbons (Fsp3) is 0. The van der Waals surface area contributed by atoms with Crippen LogP contribution in [0.4, 0.5) is 17.1 Å². The molecule has 0 aliphatic rings. The predicted octanol–water partition coefficient (Wildman–Crippen LogP) is 15.6. The number of furan rings is 1. The predicted molar refractivity (Wildman–Crippen MR) is 235 cm³/mol. The SMILES string of the molecule is c1cc(-c2ccc3c(c2)sc2ccccc23)cc(N(c2cccc(-c3cccc4ccccc34)c2)c2ccccc2-c2cccc3oc4ccccc4c23)c1. The molecule has 11 aromatic rings. The van der Waals surface area contributed by atoms with Crippen LogP contribution in [0.3, 0.4) is 0 Å². The van der Waals surface area contributed by atoms with Gasteiger partial charge >= 0.3 is 0 Å². The first-order valence-electron chi connectivity index (χ1n) is 18.7. The maximum Gasteiger partial charge on any atom is 0.136 e. The molecule has 2 heterocycles. The summed E-state index contributed by atoms with van der Waals surface area (Å²) in [6.07, 6.45) is 0. The molecule has 258 valence electrons. The molecule has 0 aliphatic heterocycles. The van der Waals surface area contributed by atoms with Crippen LogP contribution < -0.4 is 4.90 Å². The molecule has 2 aromatic heterocycles. The zero-order valence-corrected chi connectivity index (χ0v) is 30.6. The lowest BCUT2D eigenvalue weighted by molar-refractivity contribution is 0.669. The van der Waals surface area contributed by atoms with E-state index in [0.29, 0.717) is 0 Å². The lowest BCUT2D eigenvalue weighted by Gasteiger charge is -2.29. The van der Waals surface area contributed by atoms with Crippen molar-refractivity contribution in [1.29, 1.82) is 0 Å². The van der Waals surface area contributed by atoms with Crippen LogP contribution in [0.2, 0.25) is 0 Å². The number of fused-ring (bicyclic) bond motifs is 7. The third kappa shape index (κ3) is 5.32. The molecular weight excluding hydrogens is 687 g/mol. The van der Waals surface area contributed by atoms with E-state index < -0.39 is 0 Å². The molecule has 0 atom stereocenters. The van der Waals surface area contributed by atoms with E-state index in [1.165, 1.54) is 53.2 Å². The van der Waals surface area contributed by atoms with Crippen LogP contribution in [0.15, 0.2) is 205 Å². The maximum absolute atomic E-state index is 6.39. The molecule has 0 amide bonds. The van der Waals surface area contributed by atoms with Crippen molar-refractivity contribution < 1.29 is 4.42 Å². The lowest BCUT2D eigenvalue weighted by atomic mass is 9.95. The van der Waals surface area contributed by atoms with E-state index in [0.717, 1.165) is 50.1 Å². The summed E-state index contributed by atoms with van der Waals surface area (Å²) in [5.74, 6) is 0. The van der Waals surface area contributed by atoms with Crippen LogP contribution in [0.5, 0.6) is 0 Å². The second-order valence-corrected chi connectivity index (χ2v) is 15.1. The Morgan fingerprint density at radius 3 is 1.87 bits per heavy atom. The highest BCUT2D eigenvalue weighted by Crippen LogP contribution is 2.46. The van der Waals surface area contributed by atoms with Gasteiger partial charge in [-0.25, -0.2) is 0 Å². The molecule has 9 aromatic carbocycles. The number of hydrogen-bond acceptors (Lipinski definition) is 3. The van der Waals surface area contributed by atoms with Gasteiger partial charge in [0, 0.05) is 47.9 Å². The van der Waals surface area contributed by atoms with Gasteiger partial charge in [-0.3, -0.25) is 0 Å². The lowest BCUT2D eigenvalue weighted by Crippen LogP contribution is -2.11. The van der Waals surface area contributed by atoms with Gasteiger partial charge in [-0.1, -0.05) is 146 Å². The van der Waals surface area contributed by atoms with Crippen molar-refractivity contribution in [3.05, 3.63) is 200 Å². The van der Waals surface area contributed by atoms with E-state index in [1.54, 1.807) is 0 Å². The van der Waals surface area contributed by atoms with Gasteiger partial charge in [0.25, 0.3) is 0 Å². The Labute approximate surface area is 322 Å². The van der Waals surface area contributed by atoms with E-state index in [-0.39, 0.29) is 0 Å². The highest BCUT2D eigenvalue weighted by molar-refractivity contribution is 7.25. The average molecular weight is 720 g/mol. The first-order chi connectivity index (χ1) is 27.3. The molecule has 0 aliphatic carbocycles. The van der Waals surface area contributed by atoms with Crippen LogP contribution in [0.1, 0.15) is 0 Å². The summed E-state index contributed by atoms with van der Waals surface area (Å²) in [7, 11) is 0. The highest BCUT2D eigenvalue weighted by Gasteiger charge is 2.21. The van der Waals surface area contributed by atoms with Gasteiger partial charge in [-0.15, -0.1) is 11.3 Å². The minimum atomic E-state index is 0.886. The van der Waals surface area contributed by atoms with Crippen LogP contribution in [-0.4, -0.2) is 0 Å². The molecule has 0 N–H and O–H groups in total. The molecular formula is C52H33NOS. The molecule has 0 bridgehead atoms. The Balaban J connectivity index is 1.13. The maximum atomic E-state index is 6.39. The molecule has 11 rings (SSSR count). The van der Waals surface area contributed by atoms with Crippen LogP contribution in [0.25, 0.3) is 86.3 Å². The first-order valence-corrected chi connectivity index (χ1v) is 19.5. The second kappa shape index (κ2) is 12.9. The Morgan fingerprint density at radius 2 is 0.964 bits per heavy atom. The van der Waals surface area contributed by atoms with Crippen LogP contribution in [-0.2, 0) is 0 Å². The van der Waals surface area contributed by atoms with Crippen molar-refractivity contribution in [1.82, 2.24) is 0 Å². The fourth-order valence-electron chi connectivity index (χ4n) is 8.34. The fourth-order valence-corrected chi connectivity index (χ4v) is 9.49. The monoisotopic (exact) mass is 719 g/mol. The number of rotatable bonds is 6. The largest absolute Gasteiger partial charge is 0.456 e. The summed E-state index contributed by atoms with van der Waals surface area (Å²) in [5, 5.41) is 7.34. The smallest absolute Gasteiger partial charge is 0.136 e. The van der Waals surface area contributed by atoms with Gasteiger partial charge in [-0.05, 0) is 93.2 Å². The quantitative estimate of drug-likeness (QED) is 0.170. The number of hydrogen-bond donors (Lipinski definition) is 0. The minimum absolute atomic E-state index is 0.886. The number of nitrogens with zero attached hydrogens (tertiary/aromatic N) is 1. The van der Waals surface area contributed by atoms with Crippen molar-refractivity contribution in [3.8, 4) is 33.4 Å². The number of thiophene rings is 1. The van der Waals surface area contributed by atoms with Gasteiger partial charge in [-0.2, -0.15) is 0 Å². The second-order valence-electron chi connectivity index (χ2n) is 14.1. The van der Waals surface area contributed by atoms with Crippen molar-refractivity contribution >= 4 is 81.3 Å². The average Bonchev–Trinajstić information content (AvgIpc) is 3.82. The molecule has 55 heavy (non-hydrogen) atoms. The molecule has 0 radical (unpaired) electrons. The third-order valence-electron chi connectivity index (χ3n) is 10.9. The van der Waals surface area contributed by atoms with E-state index in [2.05, 4.69) is 199 Å². The van der Waals surface area contributed by atoms with Crippen molar-refractivity contribution in [2.24, 2.45) is 0 Å². The van der Waals surface area contributed by atoms with Gasteiger partial charge in [0.2, 0.25) is 0 Å². The van der Waals surface area contributed by atoms with E-state index in [9.17, 15) is 0 Å². The molecule has 2 nitrogen and oxygen atoms in total. The Bertz CT molecular complexity index is 3240. The topological polar surface area (TPSA) is 16.4 Å². The van der Waals surface area contributed by atoms with Crippen molar-refractivity contribution in [3.63, 3.8) is 0 Å². The number of benzene rings is 9. The highest BCUT2D eigenvalue weighted by atomic mass is 32.1. The molecule has 0 spiro atoms. The van der Waals surface area contributed by atoms with Crippen molar-refractivity contribution in [2.75, 3.05) is 4.90 Å². The zero-order valence-electron chi connectivity index (χ0n) is 29.8. The van der Waals surface area contributed by atoms with Gasteiger partial charge in [0.05, 0.1) is 5.69 Å². The van der Waals surface area contributed by atoms with Crippen LogP contribution in [0, 0.1) is 0 Å². The summed E-state index contributed by atoms with van der Waals surface area (Å²) >= 11 is 1.86. The summed E-state index contributed by atoms with van der Waals surface area (Å²) in [6, 6.07) is 72.3. The number of anilines is 3. The van der Waals surface area contributed by atoms with Crippen molar-refractivity contribution in [2.45, 2.75) is 0 Å². The Kier molecular flexibility index (Phi) is 7.39. The minimum Gasteiger partial charge on any atom is -0.456 e. The first kappa shape index (κ1) is 31.6. The van der Waals surface area contributed by atoms with Gasteiger partial charge in [0.15, 0.2) is 0 Å². The standard InChI is InChI=1S/C52H33NOS/c1-2-19-40-34(13-1)14-11-23-41(40)37-16-10-18-39(32-37)53(38-17-9-15-35(31-38)36-29-30-44-43-21-5-8-28-50(43)55-51(44)33-36)47-25-6-3-20-42(47)45-24-12-27-49-52(45)46-22-4-7-26-48(46)54-49/h1-33H. The Hall–Kier alpha value is -6.94. The molecule has 0 unspecified atom stereocenters. The molecule has 0 saturated carbocycles. The normalized spacial score (nSPS) is 11.6. The molecule has 3 heteroatoms. The number of para-hydroxylation sites is 2. The molecule has 0 fully saturated rings. The van der Waals surface area contributed by atoms with Crippen LogP contribution >= 0.6 is 11.3 Å². The van der Waals surface area contributed by atoms with E-state index in [4.69, 9.17) is 4.42 Å². The summed E-state index contributed by atoms with van der Waals surface area (Å²) in [5.41, 5.74) is 12.1. The summed E-state index contributed by atoms with van der Waals surface area (Å²) in [6.45, 7) is 0. The summed E-state index contributed by atoms with van der Waals surface area (Å²) < 4.78 is 9.00. The third-order valence-corrected chi connectivity index (χ3v) is 12.0.